The van der Waals surface area contributed by atoms with Crippen LogP contribution in [0.1, 0.15) is 20.3 Å². The van der Waals surface area contributed by atoms with Gasteiger partial charge in [0.15, 0.2) is 5.16 Å². The smallest absolute Gasteiger partial charge is 0.262 e. The minimum absolute atomic E-state index is 0.0968. The molecule has 0 fully saturated rings. The second kappa shape index (κ2) is 8.99. The molecule has 0 aliphatic heterocycles. The molecule has 0 aliphatic carbocycles. The molecule has 0 aliphatic rings. The number of anilines is 1. The van der Waals surface area contributed by atoms with Crippen molar-refractivity contribution < 1.29 is 4.79 Å². The van der Waals surface area contributed by atoms with Crippen molar-refractivity contribution in [1.29, 1.82) is 0 Å². The van der Waals surface area contributed by atoms with Crippen molar-refractivity contribution in [3.63, 3.8) is 0 Å². The molecule has 1 amide bonds. The van der Waals surface area contributed by atoms with Crippen molar-refractivity contribution >= 4 is 57.5 Å². The van der Waals surface area contributed by atoms with E-state index in [9.17, 15) is 9.59 Å². The Morgan fingerprint density at radius 2 is 1.96 bits per heavy atom. The number of hydrogen-bond acceptors (Lipinski definition) is 4. The summed E-state index contributed by atoms with van der Waals surface area (Å²) in [5.41, 5.74) is 0.970. The zero-order valence-electron chi connectivity index (χ0n) is 15.4. The number of fused-ring (bicyclic) bond motifs is 1. The van der Waals surface area contributed by atoms with Crippen LogP contribution >= 0.6 is 35.0 Å². The maximum Gasteiger partial charge on any atom is 0.262 e. The average molecular weight is 436 g/mol. The molecule has 0 spiro atoms. The Labute approximate surface area is 177 Å². The maximum atomic E-state index is 12.8. The molecular weight excluding hydrogens is 417 g/mol. The van der Waals surface area contributed by atoms with Crippen molar-refractivity contribution in [3.8, 4) is 0 Å². The molecule has 1 N–H and O–H groups in total. The number of thioether (sulfide) groups is 1. The molecule has 0 radical (unpaired) electrons. The maximum absolute atomic E-state index is 12.8. The van der Waals surface area contributed by atoms with Crippen LogP contribution in [0.15, 0.2) is 52.4 Å². The van der Waals surface area contributed by atoms with E-state index < -0.39 is 5.25 Å². The quantitative estimate of drug-likeness (QED) is 0.425. The topological polar surface area (TPSA) is 64.0 Å². The zero-order chi connectivity index (χ0) is 20.3. The first-order valence-electron chi connectivity index (χ1n) is 8.83. The van der Waals surface area contributed by atoms with Crippen LogP contribution in [0.3, 0.4) is 0 Å². The summed E-state index contributed by atoms with van der Waals surface area (Å²) in [7, 11) is 0. The first-order chi connectivity index (χ1) is 13.4. The number of nitrogens with zero attached hydrogens (tertiary/aromatic N) is 2. The van der Waals surface area contributed by atoms with Gasteiger partial charge in [-0.25, -0.2) is 4.98 Å². The third-order valence-electron chi connectivity index (χ3n) is 4.13. The highest BCUT2D eigenvalue weighted by atomic mass is 35.5. The van der Waals surface area contributed by atoms with Gasteiger partial charge in [-0.1, -0.05) is 60.1 Å². The minimum atomic E-state index is -0.494. The van der Waals surface area contributed by atoms with Crippen molar-refractivity contribution in [2.24, 2.45) is 0 Å². The third-order valence-corrected chi connectivity index (χ3v) is 6.04. The summed E-state index contributed by atoms with van der Waals surface area (Å²) in [5.74, 6) is -0.250. The van der Waals surface area contributed by atoms with Crippen LogP contribution < -0.4 is 10.9 Å². The van der Waals surface area contributed by atoms with E-state index in [2.05, 4.69) is 10.3 Å². The van der Waals surface area contributed by atoms with Crippen LogP contribution in [0.2, 0.25) is 10.0 Å². The first-order valence-corrected chi connectivity index (χ1v) is 10.5. The Balaban J connectivity index is 1.88. The summed E-state index contributed by atoms with van der Waals surface area (Å²) in [6.07, 6.45) is 0.784. The third kappa shape index (κ3) is 4.35. The van der Waals surface area contributed by atoms with Crippen molar-refractivity contribution in [3.05, 3.63) is 62.9 Å². The Kier molecular flexibility index (Phi) is 6.65. The number of halogens is 2. The Bertz CT molecular complexity index is 1080. The van der Waals surface area contributed by atoms with Crippen LogP contribution in [0, 0.1) is 0 Å². The standard InChI is InChI=1S/C20H19Cl2N3O2S/c1-3-11-25-19(27)13-7-4-5-9-15(13)24-20(25)28-12(2)18(26)23-16-10-6-8-14(21)17(16)22/h4-10,12H,3,11H2,1-2H3,(H,23,26). The van der Waals surface area contributed by atoms with Gasteiger partial charge in [-0.05, 0) is 37.6 Å². The number of rotatable bonds is 6. The molecule has 5 nitrogen and oxygen atoms in total. The molecule has 1 atom stereocenters. The number of hydrogen-bond donors (Lipinski definition) is 1. The number of aromatic nitrogens is 2. The fraction of sp³-hybridized carbons (Fsp3) is 0.250. The SMILES string of the molecule is CCCn1c(SC(C)C(=O)Nc2cccc(Cl)c2Cl)nc2ccccc2c1=O. The number of nitrogens with one attached hydrogen (secondary N) is 1. The summed E-state index contributed by atoms with van der Waals surface area (Å²) in [6, 6.07) is 12.3. The van der Waals surface area contributed by atoms with E-state index in [1.165, 1.54) is 11.8 Å². The van der Waals surface area contributed by atoms with Crippen molar-refractivity contribution in [2.45, 2.75) is 37.2 Å². The Morgan fingerprint density at radius 3 is 2.71 bits per heavy atom. The van der Waals surface area contributed by atoms with Gasteiger partial charge in [-0.3, -0.25) is 14.2 Å². The molecule has 0 saturated heterocycles. The molecule has 28 heavy (non-hydrogen) atoms. The van der Waals surface area contributed by atoms with Gasteiger partial charge in [0.2, 0.25) is 5.91 Å². The highest BCUT2D eigenvalue weighted by Gasteiger charge is 2.20. The molecular formula is C20H19Cl2N3O2S. The largest absolute Gasteiger partial charge is 0.324 e. The van der Waals surface area contributed by atoms with Gasteiger partial charge in [0, 0.05) is 6.54 Å². The fourth-order valence-electron chi connectivity index (χ4n) is 2.70. The lowest BCUT2D eigenvalue weighted by Gasteiger charge is -2.16. The van der Waals surface area contributed by atoms with E-state index in [4.69, 9.17) is 23.2 Å². The first kappa shape index (κ1) is 20.7. The molecule has 146 valence electrons. The normalized spacial score (nSPS) is 12.1. The summed E-state index contributed by atoms with van der Waals surface area (Å²) in [4.78, 5) is 30.1. The molecule has 1 heterocycles. The second-order valence-electron chi connectivity index (χ2n) is 6.22. The van der Waals surface area contributed by atoms with E-state index in [-0.39, 0.29) is 11.5 Å². The molecule has 0 bridgehead atoms. The van der Waals surface area contributed by atoms with Gasteiger partial charge in [0.25, 0.3) is 5.56 Å². The molecule has 8 heteroatoms. The number of benzene rings is 2. The number of para-hydroxylation sites is 1. The van der Waals surface area contributed by atoms with Crippen molar-refractivity contribution in [2.75, 3.05) is 5.32 Å². The van der Waals surface area contributed by atoms with Crippen LogP contribution in [-0.2, 0) is 11.3 Å². The van der Waals surface area contributed by atoms with E-state index in [0.29, 0.717) is 38.3 Å². The lowest BCUT2D eigenvalue weighted by Crippen LogP contribution is -2.27. The monoisotopic (exact) mass is 435 g/mol. The van der Waals surface area contributed by atoms with Crippen LogP contribution in [0.25, 0.3) is 10.9 Å². The molecule has 1 unspecified atom stereocenters. The number of amides is 1. The summed E-state index contributed by atoms with van der Waals surface area (Å²) in [6.45, 7) is 4.29. The van der Waals surface area contributed by atoms with Gasteiger partial charge < -0.3 is 5.32 Å². The predicted octanol–water partition coefficient (Wildman–Crippen LogP) is 5.23. The van der Waals surface area contributed by atoms with E-state index >= 15 is 0 Å². The second-order valence-corrected chi connectivity index (χ2v) is 8.31. The molecule has 3 rings (SSSR count). The van der Waals surface area contributed by atoms with Crippen LogP contribution in [0.4, 0.5) is 5.69 Å². The number of carbonyl (C=O) groups excluding carboxylic acids is 1. The van der Waals surface area contributed by atoms with E-state index in [1.54, 1.807) is 41.8 Å². The highest BCUT2D eigenvalue weighted by molar-refractivity contribution is 8.00. The van der Waals surface area contributed by atoms with Crippen LogP contribution in [0.5, 0.6) is 0 Å². The molecule has 2 aromatic carbocycles. The van der Waals surface area contributed by atoms with Gasteiger partial charge in [0.05, 0.1) is 31.9 Å². The average Bonchev–Trinajstić information content (AvgIpc) is 2.68. The van der Waals surface area contributed by atoms with Gasteiger partial charge in [0.1, 0.15) is 0 Å². The van der Waals surface area contributed by atoms with E-state index in [0.717, 1.165) is 6.42 Å². The minimum Gasteiger partial charge on any atom is -0.324 e. The lowest BCUT2D eigenvalue weighted by molar-refractivity contribution is -0.115. The summed E-state index contributed by atoms with van der Waals surface area (Å²) in [5, 5.41) is 4.04. The predicted molar refractivity (Wildman–Crippen MR) is 117 cm³/mol. The number of carbonyl (C=O) groups is 1. The Hall–Kier alpha value is -2.02. The summed E-state index contributed by atoms with van der Waals surface area (Å²) >= 11 is 13.4. The summed E-state index contributed by atoms with van der Waals surface area (Å²) < 4.78 is 1.63. The molecule has 1 aromatic heterocycles. The molecule has 0 saturated carbocycles. The molecule has 3 aromatic rings. The fourth-order valence-corrected chi connectivity index (χ4v) is 3.99. The van der Waals surface area contributed by atoms with Gasteiger partial charge >= 0.3 is 0 Å². The highest BCUT2D eigenvalue weighted by Crippen LogP contribution is 2.30. The van der Waals surface area contributed by atoms with Gasteiger partial charge in [-0.15, -0.1) is 0 Å². The van der Waals surface area contributed by atoms with Gasteiger partial charge in [-0.2, -0.15) is 0 Å². The lowest BCUT2D eigenvalue weighted by atomic mass is 10.2. The zero-order valence-corrected chi connectivity index (χ0v) is 17.7. The van der Waals surface area contributed by atoms with Crippen LogP contribution in [-0.4, -0.2) is 20.7 Å². The van der Waals surface area contributed by atoms with E-state index in [1.807, 2.05) is 19.1 Å². The van der Waals surface area contributed by atoms with Crippen molar-refractivity contribution in [1.82, 2.24) is 9.55 Å². The Morgan fingerprint density at radius 1 is 1.21 bits per heavy atom.